The summed E-state index contributed by atoms with van der Waals surface area (Å²) >= 11 is 0. The Morgan fingerprint density at radius 3 is 2.65 bits per heavy atom. The molecule has 3 heteroatoms. The highest BCUT2D eigenvalue weighted by molar-refractivity contribution is 4.93. The fourth-order valence-electron chi connectivity index (χ4n) is 3.02. The first-order chi connectivity index (χ1) is 8.15. The number of ether oxygens (including phenoxy) is 1. The van der Waals surface area contributed by atoms with E-state index >= 15 is 0 Å². The molecule has 0 aromatic rings. The minimum absolute atomic E-state index is 0.186. The van der Waals surface area contributed by atoms with E-state index in [9.17, 15) is 0 Å². The molecule has 2 rings (SSSR count). The molecule has 3 nitrogen and oxygen atoms in total. The summed E-state index contributed by atoms with van der Waals surface area (Å²) in [4.78, 5) is 2.62. The maximum absolute atomic E-state index is 5.75. The maximum Gasteiger partial charge on any atom is 0.0805 e. The van der Waals surface area contributed by atoms with E-state index < -0.39 is 0 Å². The second-order valence-electron chi connectivity index (χ2n) is 6.13. The van der Waals surface area contributed by atoms with Crippen molar-refractivity contribution >= 4 is 0 Å². The number of hydrogen-bond acceptors (Lipinski definition) is 3. The Morgan fingerprint density at radius 1 is 1.35 bits per heavy atom. The first kappa shape index (κ1) is 13.3. The van der Waals surface area contributed by atoms with Gasteiger partial charge in [0.15, 0.2) is 0 Å². The third-order valence-electron chi connectivity index (χ3n) is 4.53. The topological polar surface area (TPSA) is 24.5 Å². The van der Waals surface area contributed by atoms with Crippen LogP contribution in [0.5, 0.6) is 0 Å². The van der Waals surface area contributed by atoms with Gasteiger partial charge in [0.2, 0.25) is 0 Å². The molecule has 100 valence electrons. The van der Waals surface area contributed by atoms with Crippen molar-refractivity contribution in [2.45, 2.75) is 51.2 Å². The average molecular weight is 240 g/mol. The van der Waals surface area contributed by atoms with Crippen LogP contribution in [0.15, 0.2) is 0 Å². The second kappa shape index (κ2) is 5.68. The first-order valence-corrected chi connectivity index (χ1v) is 7.16. The molecule has 0 bridgehead atoms. The number of rotatable bonds is 4. The summed E-state index contributed by atoms with van der Waals surface area (Å²) in [7, 11) is 1.88. The molecule has 0 aromatic heterocycles. The molecule has 1 heterocycles. The van der Waals surface area contributed by atoms with Crippen LogP contribution in [0, 0.1) is 5.92 Å². The average Bonchev–Trinajstić information content (AvgIpc) is 2.49. The molecule has 0 aromatic carbocycles. The lowest BCUT2D eigenvalue weighted by Crippen LogP contribution is -2.52. The number of nitrogens with one attached hydrogen (secondary N) is 1. The van der Waals surface area contributed by atoms with E-state index in [1.54, 1.807) is 0 Å². The van der Waals surface area contributed by atoms with Crippen molar-refractivity contribution in [3.05, 3.63) is 0 Å². The smallest absolute Gasteiger partial charge is 0.0805 e. The predicted octanol–water partition coefficient (Wildman–Crippen LogP) is 1.88. The van der Waals surface area contributed by atoms with E-state index in [4.69, 9.17) is 4.74 Å². The predicted molar refractivity (Wildman–Crippen MR) is 71.3 cm³/mol. The van der Waals surface area contributed by atoms with Gasteiger partial charge in [0, 0.05) is 26.2 Å². The van der Waals surface area contributed by atoms with E-state index in [-0.39, 0.29) is 5.60 Å². The Balaban J connectivity index is 1.90. The molecule has 1 aliphatic carbocycles. The van der Waals surface area contributed by atoms with E-state index in [2.05, 4.69) is 24.1 Å². The minimum atomic E-state index is 0.186. The van der Waals surface area contributed by atoms with Crippen molar-refractivity contribution in [2.24, 2.45) is 5.92 Å². The van der Waals surface area contributed by atoms with Crippen molar-refractivity contribution in [3.8, 4) is 0 Å². The normalized spacial score (nSPS) is 30.0. The highest BCUT2D eigenvalue weighted by Gasteiger charge is 2.39. The van der Waals surface area contributed by atoms with Crippen LogP contribution in [0.3, 0.4) is 0 Å². The van der Waals surface area contributed by atoms with Crippen LogP contribution in [0.25, 0.3) is 0 Å². The zero-order valence-electron chi connectivity index (χ0n) is 11.7. The van der Waals surface area contributed by atoms with Crippen LogP contribution >= 0.6 is 0 Å². The molecule has 1 atom stereocenters. The van der Waals surface area contributed by atoms with E-state index in [1.807, 2.05) is 7.11 Å². The molecule has 2 aliphatic rings. The largest absolute Gasteiger partial charge is 0.377 e. The number of hydrogen-bond donors (Lipinski definition) is 1. The van der Waals surface area contributed by atoms with Gasteiger partial charge in [-0.05, 0) is 44.7 Å². The van der Waals surface area contributed by atoms with Crippen LogP contribution in [-0.2, 0) is 4.74 Å². The molecule has 1 unspecified atom stereocenters. The van der Waals surface area contributed by atoms with Gasteiger partial charge in [0.05, 0.1) is 5.60 Å². The summed E-state index contributed by atoms with van der Waals surface area (Å²) < 4.78 is 5.75. The van der Waals surface area contributed by atoms with Gasteiger partial charge in [0.25, 0.3) is 0 Å². The number of methoxy groups -OCH3 is 1. The highest BCUT2D eigenvalue weighted by atomic mass is 16.5. The summed E-state index contributed by atoms with van der Waals surface area (Å²) in [5.74, 6) is 0.718. The van der Waals surface area contributed by atoms with E-state index in [0.717, 1.165) is 12.5 Å². The zero-order chi connectivity index (χ0) is 12.3. The fourth-order valence-corrected chi connectivity index (χ4v) is 3.02. The van der Waals surface area contributed by atoms with Crippen LogP contribution in [0.4, 0.5) is 0 Å². The van der Waals surface area contributed by atoms with Gasteiger partial charge >= 0.3 is 0 Å². The third-order valence-corrected chi connectivity index (χ3v) is 4.53. The lowest BCUT2D eigenvalue weighted by Gasteiger charge is -2.44. The van der Waals surface area contributed by atoms with Gasteiger partial charge in [0.1, 0.15) is 0 Å². The SMILES string of the molecule is COC1(CN2CCCNC(C(C)C)C2)CCC1. The van der Waals surface area contributed by atoms with Gasteiger partial charge in [-0.15, -0.1) is 0 Å². The van der Waals surface area contributed by atoms with Gasteiger partial charge in [-0.25, -0.2) is 0 Å². The summed E-state index contributed by atoms with van der Waals surface area (Å²) in [6, 6.07) is 0.645. The summed E-state index contributed by atoms with van der Waals surface area (Å²) in [6.45, 7) is 9.34. The van der Waals surface area contributed by atoms with E-state index in [0.29, 0.717) is 6.04 Å². The molecule has 0 spiro atoms. The van der Waals surface area contributed by atoms with Gasteiger partial charge < -0.3 is 10.1 Å². The number of nitrogens with zero attached hydrogens (tertiary/aromatic N) is 1. The van der Waals surface area contributed by atoms with Gasteiger partial charge in [-0.2, -0.15) is 0 Å². The van der Waals surface area contributed by atoms with Crippen molar-refractivity contribution in [1.29, 1.82) is 0 Å². The molecule has 1 saturated heterocycles. The quantitative estimate of drug-likeness (QED) is 0.812. The zero-order valence-corrected chi connectivity index (χ0v) is 11.7. The van der Waals surface area contributed by atoms with Gasteiger partial charge in [-0.3, -0.25) is 4.90 Å². The second-order valence-corrected chi connectivity index (χ2v) is 6.13. The third kappa shape index (κ3) is 3.21. The van der Waals surface area contributed by atoms with Crippen molar-refractivity contribution < 1.29 is 4.74 Å². The molecule has 17 heavy (non-hydrogen) atoms. The molecule has 1 aliphatic heterocycles. The molecule has 0 radical (unpaired) electrons. The molecule has 0 amide bonds. The van der Waals surface area contributed by atoms with Crippen LogP contribution in [0.2, 0.25) is 0 Å². The van der Waals surface area contributed by atoms with Crippen LogP contribution < -0.4 is 5.32 Å². The van der Waals surface area contributed by atoms with Crippen LogP contribution in [0.1, 0.15) is 39.5 Å². The first-order valence-electron chi connectivity index (χ1n) is 7.16. The Hall–Kier alpha value is -0.120. The summed E-state index contributed by atoms with van der Waals surface area (Å²) in [5, 5.41) is 3.67. The monoisotopic (exact) mass is 240 g/mol. The Bertz CT molecular complexity index is 233. The molecular formula is C14H28N2O. The molecule has 1 N–H and O–H groups in total. The Morgan fingerprint density at radius 2 is 2.12 bits per heavy atom. The fraction of sp³-hybridized carbons (Fsp3) is 1.00. The van der Waals surface area contributed by atoms with Crippen molar-refractivity contribution in [3.63, 3.8) is 0 Å². The standard InChI is InChI=1S/C14H28N2O/c1-12(2)13-10-16(9-5-8-15-13)11-14(17-3)6-4-7-14/h12-13,15H,4-11H2,1-3H3. The van der Waals surface area contributed by atoms with Crippen LogP contribution in [-0.4, -0.2) is 49.8 Å². The van der Waals surface area contributed by atoms with E-state index in [1.165, 1.54) is 45.3 Å². The minimum Gasteiger partial charge on any atom is -0.377 e. The lowest BCUT2D eigenvalue weighted by atomic mass is 9.79. The summed E-state index contributed by atoms with van der Waals surface area (Å²) in [5.41, 5.74) is 0.186. The summed E-state index contributed by atoms with van der Waals surface area (Å²) in [6.07, 6.45) is 5.11. The Labute approximate surface area is 106 Å². The van der Waals surface area contributed by atoms with Crippen molar-refractivity contribution in [2.75, 3.05) is 33.3 Å². The maximum atomic E-state index is 5.75. The highest BCUT2D eigenvalue weighted by Crippen LogP contribution is 2.36. The van der Waals surface area contributed by atoms with Crippen molar-refractivity contribution in [1.82, 2.24) is 10.2 Å². The lowest BCUT2D eigenvalue weighted by molar-refractivity contribution is -0.0918. The molecular weight excluding hydrogens is 212 g/mol. The Kier molecular flexibility index (Phi) is 4.45. The molecule has 1 saturated carbocycles. The van der Waals surface area contributed by atoms with Gasteiger partial charge in [-0.1, -0.05) is 13.8 Å². The molecule has 2 fully saturated rings.